The van der Waals surface area contributed by atoms with Gasteiger partial charge < -0.3 is 19.7 Å². The SMILES string of the molecule is Cc1ncc(-c2nc(Nc3ccc(C(=O)N4CCN(C)CC4)c(C#N)c3)ncc2F)n1C(C)C.Cl. The van der Waals surface area contributed by atoms with Crippen LogP contribution in [0.2, 0.25) is 0 Å². The number of benzene rings is 1. The number of hydrogen-bond acceptors (Lipinski definition) is 7. The number of imidazole rings is 1. The molecule has 3 heterocycles. The number of nitrogens with one attached hydrogen (secondary N) is 1. The summed E-state index contributed by atoms with van der Waals surface area (Å²) in [5.41, 5.74) is 1.83. The number of carbonyl (C=O) groups is 1. The van der Waals surface area contributed by atoms with Gasteiger partial charge in [0.25, 0.3) is 5.91 Å². The van der Waals surface area contributed by atoms with E-state index in [9.17, 15) is 14.4 Å². The Morgan fingerprint density at radius 1 is 1.17 bits per heavy atom. The topological polar surface area (TPSA) is 103 Å². The van der Waals surface area contributed by atoms with Gasteiger partial charge in [-0.3, -0.25) is 4.79 Å². The van der Waals surface area contributed by atoms with Crippen LogP contribution in [-0.4, -0.2) is 68.5 Å². The Morgan fingerprint density at radius 3 is 2.54 bits per heavy atom. The van der Waals surface area contributed by atoms with Crippen LogP contribution in [0.3, 0.4) is 0 Å². The summed E-state index contributed by atoms with van der Waals surface area (Å²) in [5, 5.41) is 12.7. The van der Waals surface area contributed by atoms with Crippen molar-refractivity contribution >= 4 is 29.9 Å². The van der Waals surface area contributed by atoms with Crippen LogP contribution >= 0.6 is 12.4 Å². The number of nitrogens with zero attached hydrogens (tertiary/aromatic N) is 7. The third kappa shape index (κ3) is 5.42. The summed E-state index contributed by atoms with van der Waals surface area (Å²) in [7, 11) is 2.02. The number of aromatic nitrogens is 4. The van der Waals surface area contributed by atoms with E-state index in [1.807, 2.05) is 32.4 Å². The van der Waals surface area contributed by atoms with Gasteiger partial charge in [0.05, 0.1) is 29.2 Å². The summed E-state index contributed by atoms with van der Waals surface area (Å²) in [4.78, 5) is 29.6. The molecule has 0 unspecified atom stereocenters. The minimum Gasteiger partial charge on any atom is -0.336 e. The molecule has 1 aliphatic heterocycles. The highest BCUT2D eigenvalue weighted by Gasteiger charge is 2.23. The summed E-state index contributed by atoms with van der Waals surface area (Å²) >= 11 is 0. The van der Waals surface area contributed by atoms with E-state index in [2.05, 4.69) is 31.2 Å². The van der Waals surface area contributed by atoms with Crippen molar-refractivity contribution in [2.24, 2.45) is 0 Å². The number of rotatable bonds is 5. The summed E-state index contributed by atoms with van der Waals surface area (Å²) in [6.45, 7) is 8.68. The van der Waals surface area contributed by atoms with Crippen molar-refractivity contribution < 1.29 is 9.18 Å². The van der Waals surface area contributed by atoms with Crippen molar-refractivity contribution in [2.75, 3.05) is 38.5 Å². The fraction of sp³-hybridized carbons (Fsp3) is 0.375. The van der Waals surface area contributed by atoms with Gasteiger partial charge in [-0.15, -0.1) is 12.4 Å². The molecular weight excluding hydrogens is 471 g/mol. The molecule has 0 saturated carbocycles. The predicted octanol–water partition coefficient (Wildman–Crippen LogP) is 3.79. The van der Waals surface area contributed by atoms with Gasteiger partial charge in [-0.05, 0) is 46.0 Å². The quantitative estimate of drug-likeness (QED) is 0.570. The van der Waals surface area contributed by atoms with E-state index in [-0.39, 0.29) is 41.6 Å². The van der Waals surface area contributed by atoms with Gasteiger partial charge in [0, 0.05) is 37.9 Å². The van der Waals surface area contributed by atoms with Crippen LogP contribution in [0.5, 0.6) is 0 Å². The standard InChI is InChI=1S/C24H27FN8O.ClH/c1-15(2)33-16(3)27-14-21(33)22-20(25)13-28-24(30-22)29-18-5-6-19(17(11-18)12-26)23(34)32-9-7-31(4)8-10-32;/h5-6,11,13-15H,7-10H2,1-4H3,(H,28,29,30);1H. The number of nitriles is 1. The Hall–Kier alpha value is -3.55. The summed E-state index contributed by atoms with van der Waals surface area (Å²) in [5.74, 6) is 0.219. The Labute approximate surface area is 210 Å². The van der Waals surface area contributed by atoms with Gasteiger partial charge in [-0.2, -0.15) is 5.26 Å². The van der Waals surface area contributed by atoms with Crippen LogP contribution in [0.15, 0.2) is 30.6 Å². The van der Waals surface area contributed by atoms with Crippen molar-refractivity contribution in [2.45, 2.75) is 26.8 Å². The fourth-order valence-corrected chi connectivity index (χ4v) is 4.10. The number of amides is 1. The number of anilines is 2. The molecule has 1 N–H and O–H groups in total. The predicted molar refractivity (Wildman–Crippen MR) is 133 cm³/mol. The molecule has 35 heavy (non-hydrogen) atoms. The Morgan fingerprint density at radius 2 is 1.89 bits per heavy atom. The van der Waals surface area contributed by atoms with Crippen LogP contribution in [0.1, 0.15) is 41.6 Å². The zero-order valence-corrected chi connectivity index (χ0v) is 20.9. The third-order valence-electron chi connectivity index (χ3n) is 5.90. The lowest BCUT2D eigenvalue weighted by molar-refractivity contribution is 0.0664. The van der Waals surface area contributed by atoms with Crippen molar-refractivity contribution in [1.82, 2.24) is 29.3 Å². The van der Waals surface area contributed by atoms with E-state index in [4.69, 9.17) is 0 Å². The highest BCUT2D eigenvalue weighted by Crippen LogP contribution is 2.27. The molecular formula is C24H28ClFN8O. The number of carbonyl (C=O) groups excluding carboxylic acids is 1. The monoisotopic (exact) mass is 498 g/mol. The maximum atomic E-state index is 14.6. The molecule has 184 valence electrons. The normalized spacial score (nSPS) is 13.9. The summed E-state index contributed by atoms with van der Waals surface area (Å²) in [6, 6.07) is 7.09. The lowest BCUT2D eigenvalue weighted by Crippen LogP contribution is -2.47. The molecule has 1 saturated heterocycles. The number of piperazine rings is 1. The van der Waals surface area contributed by atoms with E-state index in [0.717, 1.165) is 25.1 Å². The highest BCUT2D eigenvalue weighted by molar-refractivity contribution is 5.97. The van der Waals surface area contributed by atoms with Crippen molar-refractivity contribution in [3.8, 4) is 17.5 Å². The second kappa shape index (κ2) is 10.8. The molecule has 2 aromatic heterocycles. The summed E-state index contributed by atoms with van der Waals surface area (Å²) < 4.78 is 16.5. The molecule has 11 heteroatoms. The van der Waals surface area contributed by atoms with Crippen LogP contribution < -0.4 is 5.32 Å². The lowest BCUT2D eigenvalue weighted by atomic mass is 10.1. The van der Waals surface area contributed by atoms with Crippen molar-refractivity contribution in [1.29, 1.82) is 5.26 Å². The summed E-state index contributed by atoms with van der Waals surface area (Å²) in [6.07, 6.45) is 2.70. The molecule has 9 nitrogen and oxygen atoms in total. The van der Waals surface area contributed by atoms with E-state index in [1.165, 1.54) is 0 Å². The average molecular weight is 499 g/mol. The van der Waals surface area contributed by atoms with Crippen LogP contribution in [0, 0.1) is 24.1 Å². The molecule has 0 radical (unpaired) electrons. The molecule has 0 spiro atoms. The van der Waals surface area contributed by atoms with E-state index >= 15 is 0 Å². The Balaban J connectivity index is 0.00000342. The molecule has 0 atom stereocenters. The highest BCUT2D eigenvalue weighted by atomic mass is 35.5. The Bertz CT molecular complexity index is 1260. The first kappa shape index (κ1) is 26.1. The number of aryl methyl sites for hydroxylation is 1. The third-order valence-corrected chi connectivity index (χ3v) is 5.90. The maximum Gasteiger partial charge on any atom is 0.255 e. The Kier molecular flexibility index (Phi) is 8.04. The minimum atomic E-state index is -0.557. The molecule has 1 amide bonds. The van der Waals surface area contributed by atoms with Gasteiger partial charge in [0.2, 0.25) is 5.95 Å². The zero-order chi connectivity index (χ0) is 24.4. The van der Waals surface area contributed by atoms with Gasteiger partial charge >= 0.3 is 0 Å². The zero-order valence-electron chi connectivity index (χ0n) is 20.1. The van der Waals surface area contributed by atoms with E-state index < -0.39 is 5.82 Å². The van der Waals surface area contributed by atoms with Gasteiger partial charge in [0.1, 0.15) is 17.6 Å². The first-order valence-electron chi connectivity index (χ1n) is 11.1. The molecule has 1 aromatic carbocycles. The van der Waals surface area contributed by atoms with Crippen LogP contribution in [0.4, 0.5) is 16.0 Å². The molecule has 1 aliphatic rings. The molecule has 4 rings (SSSR count). The smallest absolute Gasteiger partial charge is 0.255 e. The maximum absolute atomic E-state index is 14.6. The number of halogens is 2. The molecule has 3 aromatic rings. The van der Waals surface area contributed by atoms with Gasteiger partial charge in [-0.1, -0.05) is 0 Å². The van der Waals surface area contributed by atoms with E-state index in [1.54, 1.807) is 29.3 Å². The first-order chi connectivity index (χ1) is 16.3. The van der Waals surface area contributed by atoms with Gasteiger partial charge in [0.15, 0.2) is 5.82 Å². The first-order valence-corrected chi connectivity index (χ1v) is 11.1. The largest absolute Gasteiger partial charge is 0.336 e. The minimum absolute atomic E-state index is 0. The average Bonchev–Trinajstić information content (AvgIpc) is 3.21. The molecule has 0 aliphatic carbocycles. The fourth-order valence-electron chi connectivity index (χ4n) is 4.10. The van der Waals surface area contributed by atoms with Crippen LogP contribution in [-0.2, 0) is 0 Å². The second-order valence-corrected chi connectivity index (χ2v) is 8.64. The molecule has 1 fully saturated rings. The van der Waals surface area contributed by atoms with E-state index in [0.29, 0.717) is 30.0 Å². The van der Waals surface area contributed by atoms with Crippen molar-refractivity contribution in [3.05, 3.63) is 53.4 Å². The van der Waals surface area contributed by atoms with Crippen molar-refractivity contribution in [3.63, 3.8) is 0 Å². The number of likely N-dealkylation sites (N-methyl/N-ethyl adjacent to an activating group) is 1. The second-order valence-electron chi connectivity index (χ2n) is 8.64. The molecule has 0 bridgehead atoms. The van der Waals surface area contributed by atoms with Crippen LogP contribution in [0.25, 0.3) is 11.4 Å². The van der Waals surface area contributed by atoms with Gasteiger partial charge in [-0.25, -0.2) is 19.3 Å². The number of hydrogen-bond donors (Lipinski definition) is 1. The lowest BCUT2D eigenvalue weighted by Gasteiger charge is -2.32.